The predicted molar refractivity (Wildman–Crippen MR) is 142 cm³/mol. The summed E-state index contributed by atoms with van der Waals surface area (Å²) >= 11 is 0. The topological polar surface area (TPSA) is 55.6 Å². The van der Waals surface area contributed by atoms with Crippen molar-refractivity contribution in [2.75, 3.05) is 31.5 Å². The van der Waals surface area contributed by atoms with Gasteiger partial charge in [-0.15, -0.1) is 0 Å². The van der Waals surface area contributed by atoms with Crippen molar-refractivity contribution in [2.45, 2.75) is 39.1 Å². The Hall–Kier alpha value is -2.68. The number of ether oxygens (including phenoxy) is 1. The summed E-state index contributed by atoms with van der Waals surface area (Å²) in [5, 5.41) is 0. The molecular weight excluding hydrogens is 428 g/mol. The average Bonchev–Trinajstić information content (AvgIpc) is 2.76. The van der Waals surface area contributed by atoms with Gasteiger partial charge in [-0.25, -0.2) is 0 Å². The lowest BCUT2D eigenvalue weighted by atomic mass is 9.98. The quantitative estimate of drug-likeness (QED) is 0.459. The summed E-state index contributed by atoms with van der Waals surface area (Å²) < 4.78 is 6.20. The van der Waals surface area contributed by atoms with E-state index in [-0.39, 0.29) is 5.41 Å². The van der Waals surface area contributed by atoms with Crippen molar-refractivity contribution >= 4 is 15.9 Å². The van der Waals surface area contributed by atoms with E-state index in [1.165, 1.54) is 10.5 Å². The zero-order valence-corrected chi connectivity index (χ0v) is 21.7. The highest BCUT2D eigenvalue weighted by molar-refractivity contribution is 8.32. The highest BCUT2D eigenvalue weighted by Gasteiger charge is 2.16. The largest absolute Gasteiger partial charge is 0.484 e. The fourth-order valence-corrected chi connectivity index (χ4v) is 4.53. The van der Waals surface area contributed by atoms with Crippen LogP contribution < -0.4 is 10.5 Å². The van der Waals surface area contributed by atoms with Crippen LogP contribution in [-0.2, 0) is 6.54 Å². The van der Waals surface area contributed by atoms with Crippen molar-refractivity contribution < 1.29 is 9.53 Å². The maximum Gasteiger partial charge on any atom is 0.248 e. The third-order valence-corrected chi connectivity index (χ3v) is 7.32. The number of benzene rings is 2. The maximum absolute atomic E-state index is 11.3. The van der Waals surface area contributed by atoms with Crippen molar-refractivity contribution in [3.05, 3.63) is 71.8 Å². The van der Waals surface area contributed by atoms with Crippen LogP contribution in [0.1, 0.15) is 43.6 Å². The number of rotatable bonds is 10. The second-order valence-corrected chi connectivity index (χ2v) is 13.4. The normalized spacial score (nSPS) is 12.5. The fourth-order valence-electron chi connectivity index (χ4n) is 3.09. The molecule has 0 atom stereocenters. The van der Waals surface area contributed by atoms with Crippen LogP contribution in [0.2, 0.25) is 0 Å². The summed E-state index contributed by atoms with van der Waals surface area (Å²) in [4.78, 5) is 14.9. The third kappa shape index (κ3) is 9.37. The molecule has 0 unspecified atom stereocenters. The molecule has 2 rings (SSSR count). The molecule has 0 spiro atoms. The smallest absolute Gasteiger partial charge is 0.248 e. The Morgan fingerprint density at radius 3 is 2.45 bits per heavy atom. The lowest BCUT2D eigenvalue weighted by Gasteiger charge is -2.31. The van der Waals surface area contributed by atoms with Gasteiger partial charge in [0, 0.05) is 24.1 Å². The van der Waals surface area contributed by atoms with Crippen molar-refractivity contribution in [3.8, 4) is 17.6 Å². The number of carbonyl (C=O) groups is 1. The van der Waals surface area contributed by atoms with Crippen LogP contribution in [-0.4, -0.2) is 42.3 Å². The molecule has 0 saturated heterocycles. The summed E-state index contributed by atoms with van der Waals surface area (Å²) in [5.41, 5.74) is 7.13. The molecule has 0 fully saturated rings. The van der Waals surface area contributed by atoms with Crippen molar-refractivity contribution in [1.29, 1.82) is 0 Å². The number of allylic oxidation sites excluding steroid dienone is 1. The lowest BCUT2D eigenvalue weighted by Crippen LogP contribution is -2.22. The van der Waals surface area contributed by atoms with Crippen molar-refractivity contribution in [2.24, 2.45) is 11.1 Å². The summed E-state index contributed by atoms with van der Waals surface area (Å²) in [6.07, 6.45) is 8.50. The minimum Gasteiger partial charge on any atom is -0.484 e. The highest BCUT2D eigenvalue weighted by Crippen LogP contribution is 2.48. The minimum absolute atomic E-state index is 0.0263. The van der Waals surface area contributed by atoms with Gasteiger partial charge in [0.2, 0.25) is 5.91 Å². The Kier molecular flexibility index (Phi) is 9.64. The molecule has 0 heterocycles. The zero-order valence-electron chi connectivity index (χ0n) is 20.9. The predicted octanol–water partition coefficient (Wildman–Crippen LogP) is 5.67. The van der Waals surface area contributed by atoms with Crippen LogP contribution in [0.5, 0.6) is 5.75 Å². The van der Waals surface area contributed by atoms with E-state index in [1.54, 1.807) is 12.1 Å². The minimum atomic E-state index is -1.18. The number of carbonyl (C=O) groups excluding carboxylic acids is 1. The van der Waals surface area contributed by atoms with E-state index in [1.807, 2.05) is 30.3 Å². The number of nitrogens with two attached hydrogens (primary N) is 1. The monoisotopic (exact) mass is 466 g/mol. The Morgan fingerprint density at radius 1 is 1.15 bits per heavy atom. The van der Waals surface area contributed by atoms with Crippen LogP contribution in [0.3, 0.4) is 0 Å². The van der Waals surface area contributed by atoms with E-state index in [0.717, 1.165) is 25.4 Å². The molecule has 178 valence electrons. The second-order valence-electron chi connectivity index (χ2n) is 9.59. The van der Waals surface area contributed by atoms with Gasteiger partial charge in [-0.05, 0) is 92.8 Å². The molecule has 2 aromatic rings. The molecule has 1 amide bonds. The molecule has 0 aliphatic heterocycles. The number of hydrogen-bond acceptors (Lipinski definition) is 3. The molecule has 0 aliphatic rings. The van der Waals surface area contributed by atoms with E-state index in [9.17, 15) is 4.79 Å². The van der Waals surface area contributed by atoms with E-state index in [4.69, 9.17) is 10.5 Å². The molecule has 0 saturated carbocycles. The van der Waals surface area contributed by atoms with E-state index in [0.29, 0.717) is 11.5 Å². The first-order valence-corrected chi connectivity index (χ1v) is 13.8. The number of hydrogen-bond donors (Lipinski definition) is 1. The first-order chi connectivity index (χ1) is 15.5. The summed E-state index contributed by atoms with van der Waals surface area (Å²) in [5.74, 6) is 7.44. The van der Waals surface area contributed by atoms with Crippen LogP contribution in [0.15, 0.2) is 65.6 Å². The van der Waals surface area contributed by atoms with E-state index in [2.05, 4.69) is 75.2 Å². The van der Waals surface area contributed by atoms with Crippen molar-refractivity contribution in [1.82, 2.24) is 4.90 Å². The first-order valence-electron chi connectivity index (χ1n) is 11.2. The van der Waals surface area contributed by atoms with Crippen LogP contribution in [0.25, 0.3) is 0 Å². The SMILES string of the molecule is CCN(C/C=C/C#CC(C)(C)C)Cc1cccc(OCS(C)(C)c2ccc(C(N)=O)cc2)c1. The first kappa shape index (κ1) is 26.6. The summed E-state index contributed by atoms with van der Waals surface area (Å²) in [7, 11) is -1.18. The number of likely N-dealkylation sites (N-methyl/N-ethyl adjacent to an activating group) is 1. The molecule has 0 radical (unpaired) electrons. The number of primary amides is 1. The summed E-state index contributed by atoms with van der Waals surface area (Å²) in [6.45, 7) is 11.2. The van der Waals surface area contributed by atoms with Gasteiger partial charge in [-0.1, -0.05) is 37.0 Å². The van der Waals surface area contributed by atoms with Gasteiger partial charge in [0.05, 0.1) is 0 Å². The standard InChI is InChI=1S/C28H38N2O2S/c1-7-30(19-10-8-9-18-28(2,3)4)21-23-12-11-13-25(20-23)32-22-33(5,6)26-16-14-24(15-17-26)27(29)31/h8,10-17,20H,7,19,21-22H2,1-6H3,(H2,29,31)/b10-8+. The molecular formula is C28H38N2O2S. The van der Waals surface area contributed by atoms with E-state index >= 15 is 0 Å². The Labute approximate surface area is 201 Å². The Morgan fingerprint density at radius 2 is 1.85 bits per heavy atom. The fraction of sp³-hybridized carbons (Fsp3) is 0.393. The Balaban J connectivity index is 1.96. The highest BCUT2D eigenvalue weighted by atomic mass is 32.3. The van der Waals surface area contributed by atoms with Gasteiger partial charge in [-0.2, -0.15) is 10.0 Å². The van der Waals surface area contributed by atoms with Gasteiger partial charge in [-0.3, -0.25) is 9.69 Å². The molecule has 5 heteroatoms. The van der Waals surface area contributed by atoms with Gasteiger partial charge >= 0.3 is 0 Å². The molecule has 0 aliphatic carbocycles. The summed E-state index contributed by atoms with van der Waals surface area (Å²) in [6, 6.07) is 15.9. The van der Waals surface area contributed by atoms with Gasteiger partial charge < -0.3 is 10.5 Å². The molecule has 0 bridgehead atoms. The molecule has 2 aromatic carbocycles. The van der Waals surface area contributed by atoms with Crippen LogP contribution >= 0.6 is 10.0 Å². The lowest BCUT2D eigenvalue weighted by molar-refractivity contribution is 0.1000. The number of nitrogens with zero attached hydrogens (tertiary/aromatic N) is 1. The van der Waals surface area contributed by atoms with Crippen LogP contribution in [0, 0.1) is 17.3 Å². The average molecular weight is 467 g/mol. The molecule has 2 N–H and O–H groups in total. The molecule has 33 heavy (non-hydrogen) atoms. The van der Waals surface area contributed by atoms with Gasteiger partial charge in [0.25, 0.3) is 0 Å². The van der Waals surface area contributed by atoms with Gasteiger partial charge in [0.1, 0.15) is 11.7 Å². The maximum atomic E-state index is 11.3. The number of amides is 1. The van der Waals surface area contributed by atoms with Gasteiger partial charge in [0.15, 0.2) is 0 Å². The molecule has 4 nitrogen and oxygen atoms in total. The zero-order chi connectivity index (χ0) is 24.5. The van der Waals surface area contributed by atoms with Crippen LogP contribution in [0.4, 0.5) is 0 Å². The van der Waals surface area contributed by atoms with E-state index < -0.39 is 15.9 Å². The van der Waals surface area contributed by atoms with Crippen molar-refractivity contribution in [3.63, 3.8) is 0 Å². The third-order valence-electron chi connectivity index (χ3n) is 5.06. The second kappa shape index (κ2) is 12.0. The Bertz CT molecular complexity index is 1010. The molecule has 0 aromatic heterocycles.